The lowest BCUT2D eigenvalue weighted by molar-refractivity contribution is -0.147. The number of carbonyl (C=O) groups is 3. The molecule has 0 aromatic rings. The maximum atomic E-state index is 10.9. The van der Waals surface area contributed by atoms with Gasteiger partial charge in [-0.25, -0.2) is 0 Å². The van der Waals surface area contributed by atoms with Crippen molar-refractivity contribution in [2.24, 2.45) is 0 Å². The predicted molar refractivity (Wildman–Crippen MR) is 39.5 cm³/mol. The van der Waals surface area contributed by atoms with Crippen LogP contribution in [0.15, 0.2) is 0 Å². The fourth-order valence-corrected chi connectivity index (χ4v) is 0.937. The number of hydrogen-bond acceptors (Lipinski definition) is 4. The van der Waals surface area contributed by atoms with E-state index in [9.17, 15) is 14.4 Å². The fourth-order valence-electron chi connectivity index (χ4n) is 0.937. The Balaban J connectivity index is 2.54. The summed E-state index contributed by atoms with van der Waals surface area (Å²) in [6.45, 7) is 0. The molecule has 13 heavy (non-hydrogen) atoms. The number of rotatable bonds is 2. The normalized spacial score (nSPS) is 15.8. The van der Waals surface area contributed by atoms with Gasteiger partial charge in [-0.05, 0) is 0 Å². The van der Waals surface area contributed by atoms with Gasteiger partial charge in [0.25, 0.3) is 5.91 Å². The number of nitriles is 1. The average Bonchev–Trinajstić information content (AvgIpc) is 2.36. The van der Waals surface area contributed by atoms with Gasteiger partial charge in [0.1, 0.15) is 6.42 Å². The van der Waals surface area contributed by atoms with Crippen molar-refractivity contribution < 1.29 is 14.4 Å². The summed E-state index contributed by atoms with van der Waals surface area (Å²) in [5, 5.41) is 8.81. The molecule has 0 aromatic carbocycles. The lowest BCUT2D eigenvalue weighted by atomic mass is 10.4. The van der Waals surface area contributed by atoms with Crippen molar-refractivity contribution >= 4 is 17.7 Å². The second-order valence-corrected chi connectivity index (χ2v) is 2.49. The number of hydrazine groups is 1. The molecule has 0 spiro atoms. The Hall–Kier alpha value is -1.90. The van der Waals surface area contributed by atoms with Crippen LogP contribution in [0, 0.1) is 11.3 Å². The third kappa shape index (κ3) is 2.02. The van der Waals surface area contributed by atoms with E-state index in [1.807, 2.05) is 0 Å². The second kappa shape index (κ2) is 3.67. The molecule has 1 aliphatic rings. The van der Waals surface area contributed by atoms with E-state index in [1.165, 1.54) is 0 Å². The third-order valence-electron chi connectivity index (χ3n) is 1.53. The molecule has 1 N–H and O–H groups in total. The summed E-state index contributed by atoms with van der Waals surface area (Å²) in [5.74, 6) is -1.52. The maximum Gasteiger partial charge on any atom is 0.253 e. The Bertz CT molecular complexity index is 289. The monoisotopic (exact) mass is 181 g/mol. The Labute approximate surface area is 74.1 Å². The van der Waals surface area contributed by atoms with Crippen molar-refractivity contribution in [1.82, 2.24) is 10.4 Å². The summed E-state index contributed by atoms with van der Waals surface area (Å²) < 4.78 is 0. The average molecular weight is 181 g/mol. The number of nitrogens with one attached hydrogen (secondary N) is 1. The molecule has 0 unspecified atom stereocenters. The maximum absolute atomic E-state index is 10.9. The van der Waals surface area contributed by atoms with Crippen molar-refractivity contribution in [1.29, 1.82) is 5.26 Å². The van der Waals surface area contributed by atoms with E-state index in [0.717, 1.165) is 0 Å². The smallest absolute Gasteiger partial charge is 0.253 e. The van der Waals surface area contributed by atoms with Crippen LogP contribution in [0.2, 0.25) is 0 Å². The van der Waals surface area contributed by atoms with E-state index >= 15 is 0 Å². The molecule has 0 saturated carbocycles. The number of hydrogen-bond donors (Lipinski definition) is 1. The van der Waals surface area contributed by atoms with Gasteiger partial charge in [-0.15, -0.1) is 0 Å². The zero-order valence-electron chi connectivity index (χ0n) is 6.74. The van der Waals surface area contributed by atoms with Crippen molar-refractivity contribution in [2.45, 2.75) is 19.3 Å². The summed E-state index contributed by atoms with van der Waals surface area (Å²) in [4.78, 5) is 32.7. The number of carbonyl (C=O) groups excluding carboxylic acids is 3. The molecule has 6 heteroatoms. The first kappa shape index (κ1) is 9.19. The molecule has 1 fully saturated rings. The van der Waals surface area contributed by atoms with Crippen LogP contribution >= 0.6 is 0 Å². The molecule has 1 heterocycles. The minimum atomic E-state index is -0.647. The van der Waals surface area contributed by atoms with E-state index in [2.05, 4.69) is 5.43 Å². The van der Waals surface area contributed by atoms with Gasteiger partial charge in [0.05, 0.1) is 6.07 Å². The minimum absolute atomic E-state index is 0.117. The predicted octanol–water partition coefficient (Wildman–Crippen LogP) is -0.920. The van der Waals surface area contributed by atoms with Gasteiger partial charge in [-0.3, -0.25) is 19.8 Å². The van der Waals surface area contributed by atoms with E-state index < -0.39 is 17.7 Å². The molecular weight excluding hydrogens is 174 g/mol. The third-order valence-corrected chi connectivity index (χ3v) is 1.53. The van der Waals surface area contributed by atoms with Gasteiger partial charge in [-0.1, -0.05) is 0 Å². The number of amides is 3. The van der Waals surface area contributed by atoms with Crippen molar-refractivity contribution in [3.63, 3.8) is 0 Å². The molecule has 1 rings (SSSR count). The van der Waals surface area contributed by atoms with Crippen LogP contribution in [0.3, 0.4) is 0 Å². The van der Waals surface area contributed by atoms with Crippen LogP contribution in [0.5, 0.6) is 0 Å². The quantitative estimate of drug-likeness (QED) is 0.558. The molecule has 0 radical (unpaired) electrons. The molecule has 0 bridgehead atoms. The zero-order valence-corrected chi connectivity index (χ0v) is 6.74. The lowest BCUT2D eigenvalue weighted by Crippen LogP contribution is -2.45. The zero-order chi connectivity index (χ0) is 9.84. The van der Waals surface area contributed by atoms with Crippen molar-refractivity contribution in [2.75, 3.05) is 0 Å². The first-order valence-electron chi connectivity index (χ1n) is 3.67. The van der Waals surface area contributed by atoms with E-state index in [0.29, 0.717) is 5.01 Å². The van der Waals surface area contributed by atoms with E-state index in [1.54, 1.807) is 6.07 Å². The van der Waals surface area contributed by atoms with Crippen LogP contribution in [-0.4, -0.2) is 22.7 Å². The molecule has 1 aliphatic heterocycles. The highest BCUT2D eigenvalue weighted by Crippen LogP contribution is 2.08. The van der Waals surface area contributed by atoms with Gasteiger partial charge in [0, 0.05) is 12.8 Å². The molecule has 0 aromatic heterocycles. The first-order valence-corrected chi connectivity index (χ1v) is 3.67. The minimum Gasteiger partial charge on any atom is -0.273 e. The summed E-state index contributed by atoms with van der Waals surface area (Å²) in [7, 11) is 0. The van der Waals surface area contributed by atoms with Crippen LogP contribution in [0.4, 0.5) is 0 Å². The first-order chi connectivity index (χ1) is 6.15. The summed E-state index contributed by atoms with van der Waals surface area (Å²) in [6, 6.07) is 1.61. The summed E-state index contributed by atoms with van der Waals surface area (Å²) >= 11 is 0. The lowest BCUT2D eigenvalue weighted by Gasteiger charge is -2.13. The fraction of sp³-hybridized carbons (Fsp3) is 0.429. The van der Waals surface area contributed by atoms with E-state index in [4.69, 9.17) is 5.26 Å². The standard InChI is InChI=1S/C7H7N3O3/c8-4-3-5(11)9-10-6(12)1-2-7(10)13/h1-3H2,(H,9,11). The molecular formula is C7H7N3O3. The Morgan fingerprint density at radius 1 is 1.46 bits per heavy atom. The number of imide groups is 1. The molecule has 68 valence electrons. The van der Waals surface area contributed by atoms with Gasteiger partial charge < -0.3 is 0 Å². The summed E-state index contributed by atoms with van der Waals surface area (Å²) in [5.41, 5.74) is 2.05. The van der Waals surface area contributed by atoms with Crippen LogP contribution in [0.1, 0.15) is 19.3 Å². The Kier molecular flexibility index (Phi) is 2.59. The summed E-state index contributed by atoms with van der Waals surface area (Å²) in [6.07, 6.45) is -0.131. The highest BCUT2D eigenvalue weighted by Gasteiger charge is 2.30. The second-order valence-electron chi connectivity index (χ2n) is 2.49. The molecule has 1 saturated heterocycles. The largest absolute Gasteiger partial charge is 0.273 e. The molecule has 0 aliphatic carbocycles. The topological polar surface area (TPSA) is 90.3 Å². The van der Waals surface area contributed by atoms with Crippen LogP contribution in [0.25, 0.3) is 0 Å². The van der Waals surface area contributed by atoms with Gasteiger partial charge in [-0.2, -0.15) is 10.3 Å². The van der Waals surface area contributed by atoms with Gasteiger partial charge in [0.2, 0.25) is 11.8 Å². The highest BCUT2D eigenvalue weighted by molar-refractivity contribution is 6.03. The number of nitrogens with zero attached hydrogens (tertiary/aromatic N) is 2. The van der Waals surface area contributed by atoms with Crippen molar-refractivity contribution in [3.8, 4) is 6.07 Å². The van der Waals surface area contributed by atoms with Crippen molar-refractivity contribution in [3.05, 3.63) is 0 Å². The van der Waals surface area contributed by atoms with Crippen LogP contribution in [-0.2, 0) is 14.4 Å². The van der Waals surface area contributed by atoms with Crippen LogP contribution < -0.4 is 5.43 Å². The highest BCUT2D eigenvalue weighted by atomic mass is 16.2. The van der Waals surface area contributed by atoms with E-state index in [-0.39, 0.29) is 19.3 Å². The molecule has 3 amide bonds. The Morgan fingerprint density at radius 2 is 2.00 bits per heavy atom. The van der Waals surface area contributed by atoms with Gasteiger partial charge >= 0.3 is 0 Å². The van der Waals surface area contributed by atoms with Gasteiger partial charge in [0.15, 0.2) is 0 Å². The SMILES string of the molecule is N#CCC(=O)NN1C(=O)CCC1=O. The molecule has 6 nitrogen and oxygen atoms in total. The Morgan fingerprint density at radius 3 is 2.46 bits per heavy atom. The molecule has 0 atom stereocenters.